The number of likely N-dealkylation sites (tertiary alicyclic amines) is 1. The van der Waals surface area contributed by atoms with Gasteiger partial charge in [-0.05, 0) is 82.3 Å². The van der Waals surface area contributed by atoms with Gasteiger partial charge in [0.15, 0.2) is 0 Å². The molecule has 3 nitrogen and oxygen atoms in total. The summed E-state index contributed by atoms with van der Waals surface area (Å²) >= 11 is 0. The highest BCUT2D eigenvalue weighted by molar-refractivity contribution is 5.31. The molecular formula is C19H32N2O. The maximum atomic E-state index is 6.13. The van der Waals surface area contributed by atoms with Gasteiger partial charge in [0.25, 0.3) is 0 Å². The number of nitrogens with zero attached hydrogens (tertiary/aromatic N) is 1. The highest BCUT2D eigenvalue weighted by atomic mass is 16.5. The zero-order valence-electron chi connectivity index (χ0n) is 14.4. The Hall–Kier alpha value is -1.06. The Morgan fingerprint density at radius 1 is 1.27 bits per heavy atom. The van der Waals surface area contributed by atoms with Crippen LogP contribution in [0.5, 0.6) is 5.75 Å². The summed E-state index contributed by atoms with van der Waals surface area (Å²) in [6, 6.07) is 9.22. The van der Waals surface area contributed by atoms with Crippen LogP contribution < -0.4 is 10.5 Å². The van der Waals surface area contributed by atoms with Crippen molar-refractivity contribution >= 4 is 0 Å². The third-order valence-corrected chi connectivity index (χ3v) is 4.89. The van der Waals surface area contributed by atoms with Crippen LogP contribution in [0.15, 0.2) is 24.3 Å². The number of nitrogens with two attached hydrogens (primary N) is 1. The fraction of sp³-hybridized carbons (Fsp3) is 0.684. The van der Waals surface area contributed by atoms with Crippen LogP contribution in [0.1, 0.15) is 51.5 Å². The molecule has 0 bridgehead atoms. The quantitative estimate of drug-likeness (QED) is 0.836. The van der Waals surface area contributed by atoms with E-state index < -0.39 is 0 Å². The summed E-state index contributed by atoms with van der Waals surface area (Å²) in [5.41, 5.74) is 7.47. The minimum atomic E-state index is 0.458. The molecule has 124 valence electrons. The maximum absolute atomic E-state index is 6.13. The van der Waals surface area contributed by atoms with E-state index in [1.165, 1.54) is 31.5 Å². The molecule has 0 aromatic heterocycles. The largest absolute Gasteiger partial charge is 0.494 e. The molecular weight excluding hydrogens is 272 g/mol. The fourth-order valence-electron chi connectivity index (χ4n) is 3.49. The smallest absolute Gasteiger partial charge is 0.119 e. The predicted octanol–water partition coefficient (Wildman–Crippen LogP) is 3.64. The summed E-state index contributed by atoms with van der Waals surface area (Å²) in [5, 5.41) is 0. The molecule has 1 fully saturated rings. The minimum Gasteiger partial charge on any atom is -0.494 e. The van der Waals surface area contributed by atoms with Gasteiger partial charge in [0.2, 0.25) is 0 Å². The minimum absolute atomic E-state index is 0.458. The molecule has 1 heterocycles. The van der Waals surface area contributed by atoms with Crippen LogP contribution >= 0.6 is 0 Å². The van der Waals surface area contributed by atoms with Crippen molar-refractivity contribution in [3.8, 4) is 5.75 Å². The first-order chi connectivity index (χ1) is 10.7. The summed E-state index contributed by atoms with van der Waals surface area (Å²) in [5.74, 6) is 2.14. The Balaban J connectivity index is 2.02. The van der Waals surface area contributed by atoms with Gasteiger partial charge in [-0.3, -0.25) is 0 Å². The van der Waals surface area contributed by atoms with E-state index in [1.807, 2.05) is 6.07 Å². The van der Waals surface area contributed by atoms with E-state index in [2.05, 4.69) is 43.9 Å². The maximum Gasteiger partial charge on any atom is 0.119 e. The molecule has 1 aromatic carbocycles. The van der Waals surface area contributed by atoms with Crippen molar-refractivity contribution in [1.82, 2.24) is 4.90 Å². The zero-order chi connectivity index (χ0) is 15.9. The van der Waals surface area contributed by atoms with E-state index in [-0.39, 0.29) is 0 Å². The van der Waals surface area contributed by atoms with Gasteiger partial charge in [-0.2, -0.15) is 0 Å². The van der Waals surface area contributed by atoms with E-state index in [1.54, 1.807) is 0 Å². The number of benzene rings is 1. The van der Waals surface area contributed by atoms with Crippen molar-refractivity contribution < 1.29 is 4.74 Å². The third-order valence-electron chi connectivity index (χ3n) is 4.89. The van der Waals surface area contributed by atoms with Gasteiger partial charge >= 0.3 is 0 Å². The van der Waals surface area contributed by atoms with Gasteiger partial charge in [-0.1, -0.05) is 19.1 Å². The molecule has 2 rings (SSSR count). The van der Waals surface area contributed by atoms with Crippen LogP contribution in [0.4, 0.5) is 0 Å². The molecule has 0 radical (unpaired) electrons. The summed E-state index contributed by atoms with van der Waals surface area (Å²) in [6.45, 7) is 10.6. The van der Waals surface area contributed by atoms with E-state index in [4.69, 9.17) is 10.5 Å². The van der Waals surface area contributed by atoms with E-state index in [9.17, 15) is 0 Å². The second kappa shape index (κ2) is 8.54. The highest BCUT2D eigenvalue weighted by Gasteiger charge is 2.27. The zero-order valence-corrected chi connectivity index (χ0v) is 14.4. The summed E-state index contributed by atoms with van der Waals surface area (Å²) < 4.78 is 5.78. The standard InChI is InChI=1S/C19H32N2O/c1-4-12-22-18-7-5-6-17(13-18)19(14-20)16-8-10-21(11-9-16)15(2)3/h5-7,13,15-16,19H,4,8-12,14,20H2,1-3H3. The van der Waals surface area contributed by atoms with Crippen LogP contribution in [-0.4, -0.2) is 37.2 Å². The molecule has 1 aromatic rings. The molecule has 0 amide bonds. The lowest BCUT2D eigenvalue weighted by Gasteiger charge is -2.38. The Kier molecular flexibility index (Phi) is 6.71. The molecule has 0 spiro atoms. The molecule has 1 aliphatic heterocycles. The normalized spacial score (nSPS) is 18.6. The van der Waals surface area contributed by atoms with Crippen molar-refractivity contribution in [2.45, 2.75) is 52.0 Å². The van der Waals surface area contributed by atoms with Crippen molar-refractivity contribution in [1.29, 1.82) is 0 Å². The Labute approximate surface area is 135 Å². The van der Waals surface area contributed by atoms with Gasteiger partial charge in [-0.25, -0.2) is 0 Å². The predicted molar refractivity (Wildman–Crippen MR) is 93.5 cm³/mol. The monoisotopic (exact) mass is 304 g/mol. The topological polar surface area (TPSA) is 38.5 Å². The Morgan fingerprint density at radius 3 is 2.59 bits per heavy atom. The lowest BCUT2D eigenvalue weighted by atomic mass is 9.80. The van der Waals surface area contributed by atoms with Gasteiger partial charge in [-0.15, -0.1) is 0 Å². The first kappa shape index (κ1) is 17.3. The first-order valence-corrected chi connectivity index (χ1v) is 8.82. The lowest BCUT2D eigenvalue weighted by Crippen LogP contribution is -2.40. The van der Waals surface area contributed by atoms with Gasteiger partial charge in [0, 0.05) is 6.04 Å². The SMILES string of the molecule is CCCOc1cccc(C(CN)C2CCN(C(C)C)CC2)c1. The van der Waals surface area contributed by atoms with Crippen LogP contribution in [0.25, 0.3) is 0 Å². The summed E-state index contributed by atoms with van der Waals surface area (Å²) in [6.07, 6.45) is 3.54. The van der Waals surface area contributed by atoms with Crippen molar-refractivity contribution in [3.05, 3.63) is 29.8 Å². The fourth-order valence-corrected chi connectivity index (χ4v) is 3.49. The highest BCUT2D eigenvalue weighted by Crippen LogP contribution is 2.33. The number of hydrogen-bond acceptors (Lipinski definition) is 3. The van der Waals surface area contributed by atoms with Crippen molar-refractivity contribution in [3.63, 3.8) is 0 Å². The third kappa shape index (κ3) is 4.47. The lowest BCUT2D eigenvalue weighted by molar-refractivity contribution is 0.138. The second-order valence-electron chi connectivity index (χ2n) is 6.73. The van der Waals surface area contributed by atoms with Gasteiger partial charge in [0.1, 0.15) is 5.75 Å². The first-order valence-electron chi connectivity index (χ1n) is 8.82. The van der Waals surface area contributed by atoms with E-state index in [0.29, 0.717) is 17.9 Å². The van der Waals surface area contributed by atoms with Crippen molar-refractivity contribution in [2.24, 2.45) is 11.7 Å². The molecule has 1 atom stereocenters. The average Bonchev–Trinajstić information content (AvgIpc) is 2.54. The molecule has 1 saturated heterocycles. The molecule has 0 saturated carbocycles. The summed E-state index contributed by atoms with van der Waals surface area (Å²) in [4.78, 5) is 2.57. The Morgan fingerprint density at radius 2 is 2.00 bits per heavy atom. The molecule has 0 aliphatic carbocycles. The average molecular weight is 304 g/mol. The van der Waals surface area contributed by atoms with Gasteiger partial charge in [0.05, 0.1) is 6.61 Å². The molecule has 3 heteroatoms. The number of hydrogen-bond donors (Lipinski definition) is 1. The van der Waals surface area contributed by atoms with Crippen LogP contribution in [0.3, 0.4) is 0 Å². The number of piperidine rings is 1. The van der Waals surface area contributed by atoms with Gasteiger partial charge < -0.3 is 15.4 Å². The second-order valence-corrected chi connectivity index (χ2v) is 6.73. The van der Waals surface area contributed by atoms with Crippen LogP contribution in [0, 0.1) is 5.92 Å². The molecule has 1 aliphatic rings. The van der Waals surface area contributed by atoms with Crippen LogP contribution in [-0.2, 0) is 0 Å². The Bertz CT molecular complexity index is 439. The molecule has 2 N–H and O–H groups in total. The van der Waals surface area contributed by atoms with Crippen LogP contribution in [0.2, 0.25) is 0 Å². The van der Waals surface area contributed by atoms with E-state index >= 15 is 0 Å². The number of rotatable bonds is 7. The van der Waals surface area contributed by atoms with Crippen molar-refractivity contribution in [2.75, 3.05) is 26.2 Å². The number of ether oxygens (including phenoxy) is 1. The molecule has 22 heavy (non-hydrogen) atoms. The summed E-state index contributed by atoms with van der Waals surface area (Å²) in [7, 11) is 0. The van der Waals surface area contributed by atoms with E-state index in [0.717, 1.165) is 25.3 Å². The molecule has 1 unspecified atom stereocenters.